The Morgan fingerprint density at radius 1 is 0.839 bits per heavy atom. The van der Waals surface area contributed by atoms with Crippen LogP contribution in [0, 0.1) is 0 Å². The maximum absolute atomic E-state index is 11.3. The van der Waals surface area contributed by atoms with E-state index in [-0.39, 0.29) is 6.61 Å². The van der Waals surface area contributed by atoms with Gasteiger partial charge < -0.3 is 18.9 Å². The van der Waals surface area contributed by atoms with Crippen molar-refractivity contribution in [2.75, 3.05) is 33.0 Å². The van der Waals surface area contributed by atoms with Crippen molar-refractivity contribution in [3.05, 3.63) is 84.4 Å². The third-order valence-corrected chi connectivity index (χ3v) is 4.61. The zero-order valence-corrected chi connectivity index (χ0v) is 17.8. The third kappa shape index (κ3) is 7.15. The van der Waals surface area contributed by atoms with Crippen LogP contribution in [0.15, 0.2) is 78.9 Å². The fourth-order valence-electron chi connectivity index (χ4n) is 3.01. The van der Waals surface area contributed by atoms with E-state index in [0.717, 1.165) is 28.7 Å². The highest BCUT2D eigenvalue weighted by Gasteiger charge is 2.05. The summed E-state index contributed by atoms with van der Waals surface area (Å²) in [7, 11) is 0. The smallest absolute Gasteiger partial charge is 0.333 e. The second-order valence-electron chi connectivity index (χ2n) is 7.10. The molecule has 0 radical (unpaired) electrons. The molecule has 0 fully saturated rings. The normalized spacial score (nSPS) is 10.6. The number of esters is 1. The number of hydrogen-bond acceptors (Lipinski definition) is 5. The predicted octanol–water partition coefficient (Wildman–Crippen LogP) is 4.98. The molecule has 31 heavy (non-hydrogen) atoms. The summed E-state index contributed by atoms with van der Waals surface area (Å²) in [5.41, 5.74) is 1.64. The van der Waals surface area contributed by atoms with Crippen LogP contribution in [0.4, 0.5) is 0 Å². The molecule has 0 saturated carbocycles. The van der Waals surface area contributed by atoms with Gasteiger partial charge in [0.2, 0.25) is 0 Å². The first kappa shape index (κ1) is 22.4. The molecule has 0 spiro atoms. The molecule has 0 bridgehead atoms. The summed E-state index contributed by atoms with van der Waals surface area (Å²) in [6.07, 6.45) is 0.869. The number of fused-ring (bicyclic) bond motifs is 1. The molecule has 3 aromatic carbocycles. The molecule has 0 amide bonds. The Labute approximate surface area is 183 Å². The maximum atomic E-state index is 11.3. The van der Waals surface area contributed by atoms with E-state index in [1.165, 1.54) is 5.56 Å². The van der Waals surface area contributed by atoms with E-state index in [9.17, 15) is 4.79 Å². The van der Waals surface area contributed by atoms with Crippen LogP contribution in [0.2, 0.25) is 0 Å². The van der Waals surface area contributed by atoms with Gasteiger partial charge in [-0.15, -0.1) is 0 Å². The number of carbonyl (C=O) groups excluding carboxylic acids is 1. The Hall–Kier alpha value is -3.31. The molecule has 3 rings (SSSR count). The Morgan fingerprint density at radius 3 is 2.45 bits per heavy atom. The fourth-order valence-corrected chi connectivity index (χ4v) is 3.01. The van der Waals surface area contributed by atoms with Crippen LogP contribution in [-0.4, -0.2) is 39.0 Å². The molecule has 162 valence electrons. The molecule has 0 aromatic heterocycles. The van der Waals surface area contributed by atoms with Crippen molar-refractivity contribution in [2.24, 2.45) is 0 Å². The highest BCUT2D eigenvalue weighted by molar-refractivity contribution is 5.89. The minimum absolute atomic E-state index is 0.201. The van der Waals surface area contributed by atoms with Crippen LogP contribution in [0.5, 0.6) is 11.5 Å². The van der Waals surface area contributed by atoms with E-state index >= 15 is 0 Å². The number of benzene rings is 3. The summed E-state index contributed by atoms with van der Waals surface area (Å²) in [6.45, 7) is 7.11. The Balaban J connectivity index is 1.44. The third-order valence-electron chi connectivity index (χ3n) is 4.61. The van der Waals surface area contributed by atoms with Crippen molar-refractivity contribution >= 4 is 16.7 Å². The van der Waals surface area contributed by atoms with Gasteiger partial charge in [0.25, 0.3) is 0 Å². The monoisotopic (exact) mass is 420 g/mol. The van der Waals surface area contributed by atoms with Crippen LogP contribution >= 0.6 is 0 Å². The van der Waals surface area contributed by atoms with E-state index < -0.39 is 5.97 Å². The zero-order valence-electron chi connectivity index (χ0n) is 17.8. The van der Waals surface area contributed by atoms with Crippen molar-refractivity contribution in [1.82, 2.24) is 0 Å². The summed E-state index contributed by atoms with van der Waals surface area (Å²) in [5.74, 6) is 1.23. The van der Waals surface area contributed by atoms with Gasteiger partial charge in [0.15, 0.2) is 0 Å². The topological polar surface area (TPSA) is 54.0 Å². The Morgan fingerprint density at radius 2 is 1.65 bits per heavy atom. The van der Waals surface area contributed by atoms with Gasteiger partial charge in [-0.25, -0.2) is 4.79 Å². The summed E-state index contributed by atoms with van der Waals surface area (Å²) in [5, 5.41) is 2.08. The molecule has 0 unspecified atom stereocenters. The molecule has 0 atom stereocenters. The van der Waals surface area contributed by atoms with Gasteiger partial charge in [-0.3, -0.25) is 0 Å². The van der Waals surface area contributed by atoms with Gasteiger partial charge in [0.05, 0.1) is 19.8 Å². The van der Waals surface area contributed by atoms with Gasteiger partial charge in [-0.05, 0) is 42.1 Å². The zero-order chi connectivity index (χ0) is 21.9. The molecule has 5 nitrogen and oxygen atoms in total. The van der Waals surface area contributed by atoms with Gasteiger partial charge in [-0.2, -0.15) is 0 Å². The van der Waals surface area contributed by atoms with Crippen molar-refractivity contribution in [1.29, 1.82) is 0 Å². The molecular weight excluding hydrogens is 392 g/mol. The summed E-state index contributed by atoms with van der Waals surface area (Å²) in [6, 6.07) is 22.2. The molecule has 0 saturated heterocycles. The largest absolute Gasteiger partial charge is 0.493 e. The van der Waals surface area contributed by atoms with Crippen molar-refractivity contribution in [2.45, 2.75) is 13.3 Å². The molecule has 0 aliphatic rings. The highest BCUT2D eigenvalue weighted by Crippen LogP contribution is 2.28. The fraction of sp³-hybridized carbons (Fsp3) is 0.269. The summed E-state index contributed by atoms with van der Waals surface area (Å²) in [4.78, 5) is 11.3. The summed E-state index contributed by atoms with van der Waals surface area (Å²) >= 11 is 0. The van der Waals surface area contributed by atoms with Crippen molar-refractivity contribution in [3.8, 4) is 11.5 Å². The number of hydrogen-bond donors (Lipinski definition) is 0. The average Bonchev–Trinajstić information content (AvgIpc) is 2.78. The van der Waals surface area contributed by atoms with E-state index in [4.69, 9.17) is 18.9 Å². The predicted molar refractivity (Wildman–Crippen MR) is 122 cm³/mol. The lowest BCUT2D eigenvalue weighted by molar-refractivity contribution is -0.140. The van der Waals surface area contributed by atoms with E-state index in [1.54, 1.807) is 6.92 Å². The SMILES string of the molecule is C=C(C)C(=O)OCCOCCOc1cccc2cc(OCCc3ccccc3)ccc12. The lowest BCUT2D eigenvalue weighted by Gasteiger charge is -2.12. The van der Waals surface area contributed by atoms with Crippen LogP contribution < -0.4 is 9.47 Å². The Bertz CT molecular complexity index is 997. The van der Waals surface area contributed by atoms with Crippen LogP contribution in [-0.2, 0) is 20.7 Å². The van der Waals surface area contributed by atoms with E-state index in [0.29, 0.717) is 32.0 Å². The minimum Gasteiger partial charge on any atom is -0.493 e. The second-order valence-corrected chi connectivity index (χ2v) is 7.10. The van der Waals surface area contributed by atoms with Gasteiger partial charge >= 0.3 is 5.97 Å². The first-order valence-electron chi connectivity index (χ1n) is 10.4. The molecule has 0 heterocycles. The Kier molecular flexibility index (Phi) is 8.49. The summed E-state index contributed by atoms with van der Waals surface area (Å²) < 4.78 is 22.2. The van der Waals surface area contributed by atoms with Crippen molar-refractivity contribution < 1.29 is 23.7 Å². The molecule has 0 N–H and O–H groups in total. The van der Waals surface area contributed by atoms with Gasteiger partial charge in [0, 0.05) is 17.4 Å². The van der Waals surface area contributed by atoms with Crippen LogP contribution in [0.25, 0.3) is 10.8 Å². The lowest BCUT2D eigenvalue weighted by atomic mass is 10.1. The number of carbonyl (C=O) groups is 1. The van der Waals surface area contributed by atoms with Gasteiger partial charge in [-0.1, -0.05) is 49.0 Å². The highest BCUT2D eigenvalue weighted by atomic mass is 16.6. The number of rotatable bonds is 12. The quantitative estimate of drug-likeness (QED) is 0.235. The van der Waals surface area contributed by atoms with Crippen molar-refractivity contribution in [3.63, 3.8) is 0 Å². The van der Waals surface area contributed by atoms with E-state index in [2.05, 4.69) is 18.7 Å². The van der Waals surface area contributed by atoms with E-state index in [1.807, 2.05) is 54.6 Å². The second kappa shape index (κ2) is 11.8. The molecular formula is C26H28O5. The van der Waals surface area contributed by atoms with Crippen LogP contribution in [0.1, 0.15) is 12.5 Å². The maximum Gasteiger partial charge on any atom is 0.333 e. The molecule has 0 aliphatic heterocycles. The first-order valence-corrected chi connectivity index (χ1v) is 10.4. The van der Waals surface area contributed by atoms with Gasteiger partial charge in [0.1, 0.15) is 24.7 Å². The molecule has 0 aliphatic carbocycles. The molecule has 5 heteroatoms. The first-order chi connectivity index (χ1) is 15.1. The minimum atomic E-state index is -0.404. The van der Waals surface area contributed by atoms with Crippen LogP contribution in [0.3, 0.4) is 0 Å². The number of ether oxygens (including phenoxy) is 4. The lowest BCUT2D eigenvalue weighted by Crippen LogP contribution is -2.13. The molecule has 3 aromatic rings. The average molecular weight is 421 g/mol. The standard InChI is InChI=1S/C26H28O5/c1-20(2)26(27)31-18-16-28-15-17-30-25-10-6-9-22-19-23(11-12-24(22)25)29-14-13-21-7-4-3-5-8-21/h3-12,19H,1,13-18H2,2H3.